The van der Waals surface area contributed by atoms with Crippen molar-refractivity contribution in [3.63, 3.8) is 0 Å². The van der Waals surface area contributed by atoms with Gasteiger partial charge in [0.1, 0.15) is 11.8 Å². The fourth-order valence-corrected chi connectivity index (χ4v) is 3.33. The van der Waals surface area contributed by atoms with E-state index in [0.717, 1.165) is 18.4 Å². The number of benzene rings is 2. The third kappa shape index (κ3) is 4.68. The van der Waals surface area contributed by atoms with E-state index in [-0.39, 0.29) is 24.0 Å². The summed E-state index contributed by atoms with van der Waals surface area (Å²) in [5, 5.41) is 21.4. The number of likely N-dealkylation sites (tertiary alicyclic amines) is 1. The van der Waals surface area contributed by atoms with E-state index < -0.39 is 12.0 Å². The molecule has 0 aromatic heterocycles. The number of aromatic hydroxyl groups is 1. The summed E-state index contributed by atoms with van der Waals surface area (Å²) in [6.07, 6.45) is 2.14. The molecule has 0 aliphatic carbocycles. The summed E-state index contributed by atoms with van der Waals surface area (Å²) in [5.41, 5.74) is 1.56. The summed E-state index contributed by atoms with van der Waals surface area (Å²) in [4.78, 5) is 37.9. The molecule has 0 bridgehead atoms. The Morgan fingerprint density at radius 1 is 1.07 bits per heavy atom. The summed E-state index contributed by atoms with van der Waals surface area (Å²) in [6.45, 7) is 0.410. The van der Waals surface area contributed by atoms with Gasteiger partial charge in [-0.25, -0.2) is 4.79 Å². The van der Waals surface area contributed by atoms with E-state index in [4.69, 9.17) is 0 Å². The number of nitrogens with zero attached hydrogens (tertiary/aromatic N) is 1. The molecule has 146 valence electrons. The maximum absolute atomic E-state index is 12.8. The van der Waals surface area contributed by atoms with Gasteiger partial charge in [0.25, 0.3) is 5.91 Å². The second-order valence-corrected chi connectivity index (χ2v) is 6.82. The zero-order valence-corrected chi connectivity index (χ0v) is 15.3. The van der Waals surface area contributed by atoms with Crippen LogP contribution < -0.4 is 5.32 Å². The fraction of sp³-hybridized carbons (Fsp3) is 0.286. The number of carboxylic acid groups (broad SMARTS) is 1. The Labute approximate surface area is 162 Å². The molecule has 28 heavy (non-hydrogen) atoms. The van der Waals surface area contributed by atoms with Crippen LogP contribution >= 0.6 is 0 Å². The number of anilines is 1. The molecule has 1 heterocycles. The van der Waals surface area contributed by atoms with Gasteiger partial charge in [-0.15, -0.1) is 0 Å². The highest BCUT2D eigenvalue weighted by Crippen LogP contribution is 2.21. The highest BCUT2D eigenvalue weighted by Gasteiger charge is 2.32. The molecule has 0 spiro atoms. The molecule has 3 rings (SSSR count). The third-order valence-electron chi connectivity index (χ3n) is 4.74. The van der Waals surface area contributed by atoms with Crippen LogP contribution in [-0.2, 0) is 16.0 Å². The van der Waals surface area contributed by atoms with E-state index in [0.29, 0.717) is 24.2 Å². The Kier molecular flexibility index (Phi) is 5.93. The highest BCUT2D eigenvalue weighted by molar-refractivity contribution is 5.99. The van der Waals surface area contributed by atoms with Gasteiger partial charge in [0.15, 0.2) is 0 Å². The monoisotopic (exact) mass is 382 g/mol. The molecular weight excluding hydrogens is 360 g/mol. The summed E-state index contributed by atoms with van der Waals surface area (Å²) in [7, 11) is 0. The van der Waals surface area contributed by atoms with Gasteiger partial charge in [-0.1, -0.05) is 18.2 Å². The van der Waals surface area contributed by atoms with E-state index in [1.54, 1.807) is 36.4 Å². The van der Waals surface area contributed by atoms with Gasteiger partial charge in [-0.2, -0.15) is 0 Å². The van der Waals surface area contributed by atoms with Crippen molar-refractivity contribution < 1.29 is 24.6 Å². The molecular formula is C21H22N2O5. The number of carbonyl (C=O) groups is 3. The Balaban J connectivity index is 1.69. The Morgan fingerprint density at radius 2 is 1.82 bits per heavy atom. The number of hydrogen-bond acceptors (Lipinski definition) is 4. The third-order valence-corrected chi connectivity index (χ3v) is 4.74. The molecule has 0 radical (unpaired) electrons. The van der Waals surface area contributed by atoms with Gasteiger partial charge in [-0.3, -0.25) is 9.59 Å². The van der Waals surface area contributed by atoms with Crippen molar-refractivity contribution in [1.82, 2.24) is 4.90 Å². The van der Waals surface area contributed by atoms with Crippen molar-refractivity contribution in [2.75, 3.05) is 11.9 Å². The second kappa shape index (κ2) is 8.56. The van der Waals surface area contributed by atoms with E-state index in [1.165, 1.54) is 17.0 Å². The van der Waals surface area contributed by atoms with Crippen LogP contribution in [0.2, 0.25) is 0 Å². The van der Waals surface area contributed by atoms with Crippen LogP contribution in [0.3, 0.4) is 0 Å². The zero-order valence-electron chi connectivity index (χ0n) is 15.3. The number of phenols is 1. The second-order valence-electron chi connectivity index (χ2n) is 6.82. The molecule has 3 N–H and O–H groups in total. The minimum atomic E-state index is -0.994. The molecule has 7 heteroatoms. The Bertz CT molecular complexity index is 879. The maximum Gasteiger partial charge on any atom is 0.326 e. The summed E-state index contributed by atoms with van der Waals surface area (Å²) < 4.78 is 0. The fourth-order valence-electron chi connectivity index (χ4n) is 3.33. The molecule has 2 aromatic rings. The van der Waals surface area contributed by atoms with Gasteiger partial charge in [0.05, 0.1) is 6.42 Å². The lowest BCUT2D eigenvalue weighted by atomic mass is 10.0. The molecule has 2 amide bonds. The van der Waals surface area contributed by atoms with Crippen LogP contribution in [0.4, 0.5) is 5.69 Å². The van der Waals surface area contributed by atoms with Crippen LogP contribution in [0.1, 0.15) is 35.2 Å². The predicted molar refractivity (Wildman–Crippen MR) is 103 cm³/mol. The molecule has 1 aliphatic rings. The van der Waals surface area contributed by atoms with Gasteiger partial charge in [0.2, 0.25) is 5.91 Å². The molecule has 0 saturated carbocycles. The molecule has 1 atom stereocenters. The van der Waals surface area contributed by atoms with Gasteiger partial charge >= 0.3 is 5.97 Å². The molecule has 1 unspecified atom stereocenters. The van der Waals surface area contributed by atoms with Crippen molar-refractivity contribution in [3.05, 3.63) is 59.7 Å². The van der Waals surface area contributed by atoms with Gasteiger partial charge < -0.3 is 20.4 Å². The van der Waals surface area contributed by atoms with Crippen molar-refractivity contribution in [3.8, 4) is 5.75 Å². The zero-order chi connectivity index (χ0) is 20.1. The van der Waals surface area contributed by atoms with Crippen LogP contribution in [0, 0.1) is 0 Å². The van der Waals surface area contributed by atoms with Crippen LogP contribution in [0.5, 0.6) is 5.75 Å². The number of rotatable bonds is 5. The molecule has 2 aromatic carbocycles. The quantitative estimate of drug-likeness (QED) is 0.737. The van der Waals surface area contributed by atoms with Crippen LogP contribution in [0.25, 0.3) is 0 Å². The van der Waals surface area contributed by atoms with E-state index in [1.807, 2.05) is 0 Å². The average molecular weight is 382 g/mol. The summed E-state index contributed by atoms with van der Waals surface area (Å²) in [5.74, 6) is -1.46. The minimum absolute atomic E-state index is 0.131. The van der Waals surface area contributed by atoms with Gasteiger partial charge in [-0.05, 0) is 55.2 Å². The number of aliphatic carboxylic acids is 1. The lowest BCUT2D eigenvalue weighted by Crippen LogP contribution is -2.48. The first kappa shape index (κ1) is 19.4. The first-order chi connectivity index (χ1) is 13.4. The van der Waals surface area contributed by atoms with Crippen molar-refractivity contribution in [2.24, 2.45) is 0 Å². The number of carboxylic acids is 1. The summed E-state index contributed by atoms with van der Waals surface area (Å²) in [6, 6.07) is 12.1. The average Bonchev–Trinajstić information content (AvgIpc) is 2.69. The lowest BCUT2D eigenvalue weighted by Gasteiger charge is -2.33. The van der Waals surface area contributed by atoms with Crippen LogP contribution in [0.15, 0.2) is 48.5 Å². The lowest BCUT2D eigenvalue weighted by molar-refractivity contribution is -0.143. The molecule has 1 saturated heterocycles. The smallest absolute Gasteiger partial charge is 0.326 e. The first-order valence-corrected chi connectivity index (χ1v) is 9.15. The maximum atomic E-state index is 12.8. The number of phenolic OH excluding ortho intramolecular Hbond substituents is 1. The minimum Gasteiger partial charge on any atom is -0.508 e. The number of piperidine rings is 1. The Morgan fingerprint density at radius 3 is 2.54 bits per heavy atom. The van der Waals surface area contributed by atoms with E-state index in [2.05, 4.69) is 5.32 Å². The first-order valence-electron chi connectivity index (χ1n) is 9.15. The molecule has 1 aliphatic heterocycles. The number of carbonyl (C=O) groups excluding carboxylic acids is 2. The SMILES string of the molecule is O=C(Cc1ccc(O)cc1)Nc1cccc(C(=O)N2CCCCC2C(=O)O)c1. The van der Waals surface area contributed by atoms with Crippen LogP contribution in [-0.4, -0.2) is 45.5 Å². The highest BCUT2D eigenvalue weighted by atomic mass is 16.4. The van der Waals surface area contributed by atoms with Crippen molar-refractivity contribution >= 4 is 23.5 Å². The van der Waals surface area contributed by atoms with Crippen molar-refractivity contribution in [1.29, 1.82) is 0 Å². The summed E-state index contributed by atoms with van der Waals surface area (Å²) >= 11 is 0. The topological polar surface area (TPSA) is 107 Å². The predicted octanol–water partition coefficient (Wildman–Crippen LogP) is 2.65. The molecule has 1 fully saturated rings. The van der Waals surface area contributed by atoms with Gasteiger partial charge in [0, 0.05) is 17.8 Å². The number of amides is 2. The Hall–Kier alpha value is -3.35. The standard InChI is InChI=1S/C21H22N2O5/c24-17-9-7-14(8-10-17)12-19(25)22-16-5-3-4-15(13-16)20(26)23-11-2-1-6-18(23)21(27)28/h3-5,7-10,13,18,24H,1-2,6,11-12H2,(H,22,25)(H,27,28). The van der Waals surface area contributed by atoms with E-state index >= 15 is 0 Å². The molecule has 7 nitrogen and oxygen atoms in total. The number of hydrogen-bond donors (Lipinski definition) is 3. The normalized spacial score (nSPS) is 16.4. The van der Waals surface area contributed by atoms with E-state index in [9.17, 15) is 24.6 Å². The largest absolute Gasteiger partial charge is 0.508 e. The van der Waals surface area contributed by atoms with Crippen molar-refractivity contribution in [2.45, 2.75) is 31.7 Å². The number of nitrogens with one attached hydrogen (secondary N) is 1.